The maximum absolute atomic E-state index is 12.5. The number of ether oxygens (including phenoxy) is 1. The Hall–Kier alpha value is -2.29. The Morgan fingerprint density at radius 2 is 1.71 bits per heavy atom. The maximum atomic E-state index is 12.5. The normalized spacial score (nSPS) is 15.3. The number of hydrogen-bond acceptors (Lipinski definition) is 5. The van der Waals surface area contributed by atoms with Gasteiger partial charge in [0.25, 0.3) is 5.91 Å². The fourth-order valence-corrected chi connectivity index (χ4v) is 4.09. The van der Waals surface area contributed by atoms with Gasteiger partial charge in [0.1, 0.15) is 5.75 Å². The number of nitrogens with one attached hydrogen (secondary N) is 1. The van der Waals surface area contributed by atoms with Crippen LogP contribution in [0.3, 0.4) is 0 Å². The molecule has 150 valence electrons. The van der Waals surface area contributed by atoms with E-state index >= 15 is 0 Å². The number of benzene rings is 2. The Kier molecular flexibility index (Phi) is 6.12. The third kappa shape index (κ3) is 4.76. The van der Waals surface area contributed by atoms with Crippen molar-refractivity contribution in [2.45, 2.75) is 0 Å². The smallest absolute Gasteiger partial charge is 0.259 e. The molecule has 1 heterocycles. The summed E-state index contributed by atoms with van der Waals surface area (Å²) in [5.41, 5.74) is 1.98. The van der Waals surface area contributed by atoms with E-state index in [1.54, 1.807) is 18.2 Å². The summed E-state index contributed by atoms with van der Waals surface area (Å²) in [5.74, 6) is 0.135. The minimum absolute atomic E-state index is 0.311. The summed E-state index contributed by atoms with van der Waals surface area (Å²) in [4.78, 5) is 14.7. The van der Waals surface area contributed by atoms with Gasteiger partial charge in [0.2, 0.25) is 10.0 Å². The fourth-order valence-electron chi connectivity index (χ4n) is 3.09. The average molecular weight is 424 g/mol. The van der Waals surface area contributed by atoms with Crippen LogP contribution in [0, 0.1) is 0 Å². The van der Waals surface area contributed by atoms with Gasteiger partial charge in [0.15, 0.2) is 0 Å². The molecule has 0 aliphatic carbocycles. The number of carbonyl (C=O) groups excluding carboxylic acids is 1. The lowest BCUT2D eigenvalue weighted by Crippen LogP contribution is -2.48. The van der Waals surface area contributed by atoms with E-state index in [0.717, 1.165) is 5.69 Å². The molecule has 0 saturated carbocycles. The van der Waals surface area contributed by atoms with Gasteiger partial charge in [-0.3, -0.25) is 4.79 Å². The van der Waals surface area contributed by atoms with Crippen molar-refractivity contribution >= 4 is 38.9 Å². The van der Waals surface area contributed by atoms with Gasteiger partial charge in [-0.05, 0) is 42.5 Å². The Balaban J connectivity index is 1.65. The Morgan fingerprint density at radius 3 is 2.29 bits per heavy atom. The highest BCUT2D eigenvalue weighted by atomic mass is 35.5. The van der Waals surface area contributed by atoms with E-state index < -0.39 is 10.0 Å². The first kappa shape index (κ1) is 20.4. The van der Waals surface area contributed by atoms with Gasteiger partial charge in [-0.25, -0.2) is 8.42 Å². The molecule has 0 aromatic heterocycles. The lowest BCUT2D eigenvalue weighted by atomic mass is 10.1. The summed E-state index contributed by atoms with van der Waals surface area (Å²) < 4.78 is 29.9. The Morgan fingerprint density at radius 1 is 1.07 bits per heavy atom. The van der Waals surface area contributed by atoms with Crippen molar-refractivity contribution in [1.82, 2.24) is 4.31 Å². The fraction of sp³-hybridized carbons (Fsp3) is 0.316. The van der Waals surface area contributed by atoms with Crippen LogP contribution < -0.4 is 15.0 Å². The number of nitrogens with zero attached hydrogens (tertiary/aromatic N) is 2. The van der Waals surface area contributed by atoms with Gasteiger partial charge in [-0.2, -0.15) is 4.31 Å². The SMILES string of the molecule is COc1ccc(Cl)cc1C(=O)Nc1ccc(N2CCN(S(C)(=O)=O)CC2)cc1. The van der Waals surface area contributed by atoms with Crippen LogP contribution in [0.25, 0.3) is 0 Å². The van der Waals surface area contributed by atoms with E-state index in [1.165, 1.54) is 17.7 Å². The summed E-state index contributed by atoms with van der Waals surface area (Å²) in [5, 5.41) is 3.29. The van der Waals surface area contributed by atoms with Crippen molar-refractivity contribution in [3.05, 3.63) is 53.1 Å². The molecule has 28 heavy (non-hydrogen) atoms. The predicted octanol–water partition coefficient (Wildman–Crippen LogP) is 2.68. The van der Waals surface area contributed by atoms with E-state index in [4.69, 9.17) is 16.3 Å². The van der Waals surface area contributed by atoms with Crippen LogP contribution in [-0.2, 0) is 10.0 Å². The molecule has 1 aliphatic rings. The standard InChI is InChI=1S/C19H22ClN3O4S/c1-27-18-8-3-14(20)13-17(18)19(24)21-15-4-6-16(7-5-15)22-9-11-23(12-10-22)28(2,25)26/h3-8,13H,9-12H2,1-2H3,(H,21,24). The molecule has 0 bridgehead atoms. The molecule has 1 fully saturated rings. The molecule has 2 aromatic carbocycles. The molecule has 2 aromatic rings. The lowest BCUT2D eigenvalue weighted by molar-refractivity contribution is 0.102. The minimum Gasteiger partial charge on any atom is -0.496 e. The first-order valence-corrected chi connectivity index (χ1v) is 11.0. The minimum atomic E-state index is -3.15. The van der Waals surface area contributed by atoms with Gasteiger partial charge in [-0.15, -0.1) is 0 Å². The van der Waals surface area contributed by atoms with Gasteiger partial charge in [-0.1, -0.05) is 11.6 Å². The van der Waals surface area contributed by atoms with E-state index in [0.29, 0.717) is 48.2 Å². The van der Waals surface area contributed by atoms with Crippen LogP contribution in [0.2, 0.25) is 5.02 Å². The molecule has 1 amide bonds. The number of rotatable bonds is 5. The van der Waals surface area contributed by atoms with E-state index in [1.807, 2.05) is 24.3 Å². The second-order valence-corrected chi connectivity index (χ2v) is 8.91. The third-order valence-corrected chi connectivity index (χ3v) is 6.14. The summed E-state index contributed by atoms with van der Waals surface area (Å²) in [6, 6.07) is 12.3. The van der Waals surface area contributed by atoms with E-state index in [9.17, 15) is 13.2 Å². The van der Waals surface area contributed by atoms with Crippen molar-refractivity contribution in [2.75, 3.05) is 49.8 Å². The molecule has 0 spiro atoms. The molecule has 3 rings (SSSR count). The zero-order valence-electron chi connectivity index (χ0n) is 15.7. The van der Waals surface area contributed by atoms with Crippen LogP contribution in [-0.4, -0.2) is 58.2 Å². The highest BCUT2D eigenvalue weighted by molar-refractivity contribution is 7.88. The molecule has 1 N–H and O–H groups in total. The van der Waals surface area contributed by atoms with Crippen molar-refractivity contribution < 1.29 is 17.9 Å². The number of halogens is 1. The van der Waals surface area contributed by atoms with Gasteiger partial charge >= 0.3 is 0 Å². The highest BCUT2D eigenvalue weighted by Crippen LogP contribution is 2.25. The monoisotopic (exact) mass is 423 g/mol. The highest BCUT2D eigenvalue weighted by Gasteiger charge is 2.23. The number of sulfonamides is 1. The van der Waals surface area contributed by atoms with Crippen molar-refractivity contribution in [3.63, 3.8) is 0 Å². The molecule has 1 saturated heterocycles. The van der Waals surface area contributed by atoms with Crippen LogP contribution in [0.1, 0.15) is 10.4 Å². The molecule has 0 radical (unpaired) electrons. The van der Waals surface area contributed by atoms with Gasteiger partial charge < -0.3 is 15.0 Å². The molecule has 9 heteroatoms. The Bertz CT molecular complexity index is 956. The molecule has 7 nitrogen and oxygen atoms in total. The number of carbonyl (C=O) groups is 1. The molecule has 0 unspecified atom stereocenters. The molecule has 1 aliphatic heterocycles. The zero-order chi connectivity index (χ0) is 20.3. The van der Waals surface area contributed by atoms with E-state index in [-0.39, 0.29) is 5.91 Å². The van der Waals surface area contributed by atoms with Crippen molar-refractivity contribution in [1.29, 1.82) is 0 Å². The van der Waals surface area contributed by atoms with Crippen molar-refractivity contribution in [3.8, 4) is 5.75 Å². The summed E-state index contributed by atoms with van der Waals surface area (Å²) in [6.07, 6.45) is 1.23. The molecule has 0 atom stereocenters. The maximum Gasteiger partial charge on any atom is 0.259 e. The number of methoxy groups -OCH3 is 1. The van der Waals surface area contributed by atoms with Gasteiger partial charge in [0.05, 0.1) is 18.9 Å². The first-order chi connectivity index (χ1) is 13.3. The number of hydrogen-bond donors (Lipinski definition) is 1. The third-order valence-electron chi connectivity index (χ3n) is 4.60. The van der Waals surface area contributed by atoms with Crippen LogP contribution in [0.15, 0.2) is 42.5 Å². The average Bonchev–Trinajstić information content (AvgIpc) is 2.68. The number of anilines is 2. The van der Waals surface area contributed by atoms with Gasteiger partial charge in [0, 0.05) is 42.6 Å². The number of piperazine rings is 1. The molecular weight excluding hydrogens is 402 g/mol. The van der Waals surface area contributed by atoms with E-state index in [2.05, 4.69) is 10.2 Å². The Labute approximate surface area is 169 Å². The van der Waals surface area contributed by atoms with Crippen LogP contribution in [0.4, 0.5) is 11.4 Å². The molecular formula is C19H22ClN3O4S. The summed E-state index contributed by atoms with van der Waals surface area (Å²) in [6.45, 7) is 2.18. The van der Waals surface area contributed by atoms with Crippen molar-refractivity contribution in [2.24, 2.45) is 0 Å². The summed E-state index contributed by atoms with van der Waals surface area (Å²) >= 11 is 5.98. The summed E-state index contributed by atoms with van der Waals surface area (Å²) in [7, 11) is -1.65. The first-order valence-electron chi connectivity index (χ1n) is 8.73. The second-order valence-electron chi connectivity index (χ2n) is 6.49. The van der Waals surface area contributed by atoms with Crippen LogP contribution in [0.5, 0.6) is 5.75 Å². The zero-order valence-corrected chi connectivity index (χ0v) is 17.3. The second kappa shape index (κ2) is 8.38. The topological polar surface area (TPSA) is 79.0 Å². The predicted molar refractivity (Wildman–Crippen MR) is 111 cm³/mol. The number of amides is 1. The largest absolute Gasteiger partial charge is 0.496 e. The lowest BCUT2D eigenvalue weighted by Gasteiger charge is -2.34. The van der Waals surface area contributed by atoms with Crippen LogP contribution >= 0.6 is 11.6 Å². The quantitative estimate of drug-likeness (QED) is 0.799.